The van der Waals surface area contributed by atoms with Crippen molar-refractivity contribution in [2.45, 2.75) is 37.3 Å². The summed E-state index contributed by atoms with van der Waals surface area (Å²) >= 11 is 0. The van der Waals surface area contributed by atoms with Gasteiger partial charge in [-0.1, -0.05) is 6.07 Å². The molecule has 3 rings (SSSR count). The molecule has 0 aliphatic carbocycles. The number of carbonyl (C=O) groups excluding carboxylic acids is 1. The van der Waals surface area contributed by atoms with E-state index in [4.69, 9.17) is 15.7 Å². The highest BCUT2D eigenvalue weighted by Gasteiger charge is 2.58. The predicted octanol–water partition coefficient (Wildman–Crippen LogP) is 3.02. The molecule has 0 amide bonds. The zero-order valence-electron chi connectivity index (χ0n) is 17.0. The van der Waals surface area contributed by atoms with Gasteiger partial charge >= 0.3 is 6.18 Å². The van der Waals surface area contributed by atoms with Crippen LogP contribution in [0.3, 0.4) is 0 Å². The van der Waals surface area contributed by atoms with Crippen LogP contribution in [0.2, 0.25) is 0 Å². The molecule has 11 heteroatoms. The lowest BCUT2D eigenvalue weighted by Crippen LogP contribution is -2.58. The normalized spacial score (nSPS) is 23.1. The van der Waals surface area contributed by atoms with E-state index in [0.29, 0.717) is 5.56 Å². The molecular weight excluding hydrogens is 432 g/mol. The Labute approximate surface area is 180 Å². The van der Waals surface area contributed by atoms with Crippen LogP contribution < -0.4 is 5.73 Å². The number of hydrogen-bond donors (Lipinski definition) is 1. The number of methoxy groups -OCH3 is 1. The highest BCUT2D eigenvalue weighted by molar-refractivity contribution is 5.95. The van der Waals surface area contributed by atoms with E-state index in [2.05, 4.69) is 14.7 Å². The smallest absolute Gasteiger partial charge is 0.428 e. The third-order valence-electron chi connectivity index (χ3n) is 5.11. The Hall–Kier alpha value is -3.52. The van der Waals surface area contributed by atoms with E-state index in [9.17, 15) is 22.4 Å². The lowest BCUT2D eigenvalue weighted by molar-refractivity contribution is -0.243. The third kappa shape index (κ3) is 4.40. The first kappa shape index (κ1) is 23.1. The Kier molecular flexibility index (Phi) is 6.18. The number of carbonyl (C=O) groups is 1. The molecule has 0 saturated heterocycles. The van der Waals surface area contributed by atoms with Gasteiger partial charge in [-0.05, 0) is 36.8 Å². The van der Waals surface area contributed by atoms with Gasteiger partial charge in [-0.2, -0.15) is 18.4 Å². The molecule has 32 heavy (non-hydrogen) atoms. The molecule has 0 unspecified atom stereocenters. The number of nitrogens with zero attached hydrogens (tertiary/aromatic N) is 3. The number of Topliss-reactive ketones (excluding diaryl/α,β-unsaturated/α-hetero) is 1. The molecule has 0 fully saturated rings. The molecule has 2 N–H and O–H groups in total. The predicted molar refractivity (Wildman–Crippen MR) is 104 cm³/mol. The van der Waals surface area contributed by atoms with Gasteiger partial charge in [-0.25, -0.2) is 9.38 Å². The molecule has 0 spiro atoms. The summed E-state index contributed by atoms with van der Waals surface area (Å²) in [6.45, 7) is 1.25. The average Bonchev–Trinajstić information content (AvgIpc) is 2.74. The first-order chi connectivity index (χ1) is 15.0. The van der Waals surface area contributed by atoms with E-state index in [-0.39, 0.29) is 23.2 Å². The maximum atomic E-state index is 14.8. The number of ketones is 1. The van der Waals surface area contributed by atoms with Crippen LogP contribution in [-0.4, -0.2) is 42.3 Å². The van der Waals surface area contributed by atoms with Gasteiger partial charge in [-0.15, -0.1) is 0 Å². The number of nitrogens with two attached hydrogens (primary N) is 1. The Morgan fingerprint density at radius 1 is 1.34 bits per heavy atom. The zero-order valence-corrected chi connectivity index (χ0v) is 17.0. The van der Waals surface area contributed by atoms with Crippen LogP contribution in [0.15, 0.2) is 41.5 Å². The summed E-state index contributed by atoms with van der Waals surface area (Å²) in [5.41, 5.74) is 4.05. The van der Waals surface area contributed by atoms with Crippen LogP contribution in [0.5, 0.6) is 0 Å². The van der Waals surface area contributed by atoms with Crippen LogP contribution in [-0.2, 0) is 21.4 Å². The summed E-state index contributed by atoms with van der Waals surface area (Å²) < 4.78 is 65.0. The van der Waals surface area contributed by atoms with Crippen LogP contribution in [0, 0.1) is 17.1 Å². The number of hydrogen-bond acceptors (Lipinski definition) is 7. The van der Waals surface area contributed by atoms with Gasteiger partial charge in [0.25, 0.3) is 6.02 Å². The van der Waals surface area contributed by atoms with E-state index in [1.807, 2.05) is 6.07 Å². The zero-order chi connectivity index (χ0) is 23.7. The van der Waals surface area contributed by atoms with E-state index in [1.54, 1.807) is 0 Å². The van der Waals surface area contributed by atoms with E-state index in [1.165, 1.54) is 37.4 Å². The molecule has 1 aromatic carbocycles. The lowest BCUT2D eigenvalue weighted by Gasteiger charge is -2.42. The summed E-state index contributed by atoms with van der Waals surface area (Å²) in [7, 11) is 1.03. The van der Waals surface area contributed by atoms with Crippen molar-refractivity contribution in [3.8, 4) is 6.07 Å². The number of amidine groups is 1. The fraction of sp³-hybridized carbons (Fsp3) is 0.333. The van der Waals surface area contributed by atoms with Crippen molar-refractivity contribution >= 4 is 11.8 Å². The summed E-state index contributed by atoms with van der Waals surface area (Å²) in [4.78, 5) is 20.4. The van der Waals surface area contributed by atoms with E-state index >= 15 is 0 Å². The Morgan fingerprint density at radius 3 is 2.62 bits per heavy atom. The van der Waals surface area contributed by atoms with Gasteiger partial charge < -0.3 is 15.2 Å². The molecular formula is C21H18F4N4O3. The number of aromatic nitrogens is 1. The van der Waals surface area contributed by atoms with Crippen molar-refractivity contribution in [3.05, 3.63) is 64.7 Å². The number of alkyl halides is 3. The molecule has 1 aliphatic rings. The topological polar surface area (TPSA) is 111 Å². The standard InChI is InChI=1S/C21H18F4N4O3/c1-20(17(31-2)18(21(23,24)25)32-19(27)29-20)13-7-11(3-5-14(13)22)8-16(30)15-6-4-12(9-26)10-28-15/h3-7,10,17-18H,8H2,1-2H3,(H2,27,29)/t17-,18-,20+/m0/s1. The molecule has 0 bridgehead atoms. The van der Waals surface area contributed by atoms with Gasteiger partial charge in [0.2, 0.25) is 6.10 Å². The molecule has 7 nitrogen and oxygen atoms in total. The largest absolute Gasteiger partial charge is 0.449 e. The minimum absolute atomic E-state index is 0.0846. The van der Waals surface area contributed by atoms with Gasteiger partial charge in [-0.3, -0.25) is 9.78 Å². The summed E-state index contributed by atoms with van der Waals surface area (Å²) in [5, 5.41) is 8.82. The van der Waals surface area contributed by atoms with Crippen molar-refractivity contribution in [2.75, 3.05) is 7.11 Å². The molecule has 2 aromatic rings. The maximum absolute atomic E-state index is 14.8. The Bertz CT molecular complexity index is 1100. The molecule has 0 saturated carbocycles. The SMILES string of the molecule is CO[C@H]1[C@@H](C(F)(F)F)OC(N)=N[C@]1(C)c1cc(CC(=O)c2ccc(C#N)cn2)ccc1F. The molecule has 3 atom stereocenters. The summed E-state index contributed by atoms with van der Waals surface area (Å²) in [6.07, 6.45) is -8.03. The van der Waals surface area contributed by atoms with E-state index in [0.717, 1.165) is 13.2 Å². The van der Waals surface area contributed by atoms with Gasteiger partial charge in [0.15, 0.2) is 5.78 Å². The molecule has 1 aromatic heterocycles. The van der Waals surface area contributed by atoms with E-state index < -0.39 is 41.5 Å². The average molecular weight is 450 g/mol. The van der Waals surface area contributed by atoms with Crippen LogP contribution in [0.1, 0.15) is 34.1 Å². The first-order valence-corrected chi connectivity index (χ1v) is 9.29. The van der Waals surface area contributed by atoms with Crippen molar-refractivity contribution in [1.82, 2.24) is 4.98 Å². The molecule has 1 aliphatic heterocycles. The van der Waals surface area contributed by atoms with Crippen molar-refractivity contribution in [1.29, 1.82) is 5.26 Å². The second-order valence-electron chi connectivity index (χ2n) is 7.29. The minimum atomic E-state index is -4.85. The molecule has 168 valence electrons. The number of halogens is 4. The number of ether oxygens (including phenoxy) is 2. The molecule has 0 radical (unpaired) electrons. The van der Waals surface area contributed by atoms with Crippen LogP contribution in [0.25, 0.3) is 0 Å². The van der Waals surface area contributed by atoms with Crippen molar-refractivity contribution in [3.63, 3.8) is 0 Å². The second kappa shape index (κ2) is 8.55. The Morgan fingerprint density at radius 2 is 2.06 bits per heavy atom. The summed E-state index contributed by atoms with van der Waals surface area (Å²) in [6, 6.07) is 7.55. The number of aliphatic imine (C=N–C) groups is 1. The monoisotopic (exact) mass is 450 g/mol. The highest BCUT2D eigenvalue weighted by atomic mass is 19.4. The first-order valence-electron chi connectivity index (χ1n) is 9.29. The summed E-state index contributed by atoms with van der Waals surface area (Å²) in [5.74, 6) is -1.27. The van der Waals surface area contributed by atoms with Crippen LogP contribution in [0.4, 0.5) is 17.6 Å². The Balaban J connectivity index is 1.99. The van der Waals surface area contributed by atoms with Gasteiger partial charge in [0.1, 0.15) is 29.2 Å². The maximum Gasteiger partial charge on any atom is 0.428 e. The number of benzene rings is 1. The third-order valence-corrected chi connectivity index (χ3v) is 5.11. The number of rotatable bonds is 5. The highest BCUT2D eigenvalue weighted by Crippen LogP contribution is 2.42. The van der Waals surface area contributed by atoms with Gasteiger partial charge in [0.05, 0.1) is 5.56 Å². The minimum Gasteiger partial charge on any atom is -0.449 e. The fourth-order valence-electron chi connectivity index (χ4n) is 3.58. The number of nitriles is 1. The molecule has 2 heterocycles. The number of pyridine rings is 1. The lowest BCUT2D eigenvalue weighted by atomic mass is 9.81. The van der Waals surface area contributed by atoms with Crippen molar-refractivity contribution in [2.24, 2.45) is 10.7 Å². The fourth-order valence-corrected chi connectivity index (χ4v) is 3.58. The quantitative estimate of drug-likeness (QED) is 0.554. The van der Waals surface area contributed by atoms with Crippen molar-refractivity contribution < 1.29 is 31.8 Å². The second-order valence-corrected chi connectivity index (χ2v) is 7.29. The van der Waals surface area contributed by atoms with Gasteiger partial charge in [0, 0.05) is 25.3 Å². The van der Waals surface area contributed by atoms with Crippen LogP contribution >= 0.6 is 0 Å².